The normalized spacial score (nSPS) is 10.7. The smallest absolute Gasteiger partial charge is 0.225 e. The monoisotopic (exact) mass is 349 g/mol. The van der Waals surface area contributed by atoms with Gasteiger partial charge in [0.2, 0.25) is 5.28 Å². The standard InChI is InChI=1S/C15H13Cl2N5O/c16-12-7-13(20-15(17)18-12)19-14-6-11(21-22-14)9-23-8-10-4-2-1-3-5-10/h1-7H,8-9H2,(H2,18,19,20,21,22). The number of aromatic amines is 1. The second-order valence-corrected chi connectivity index (χ2v) is 5.45. The minimum Gasteiger partial charge on any atom is -0.371 e. The van der Waals surface area contributed by atoms with Gasteiger partial charge in [-0.25, -0.2) is 9.97 Å². The maximum absolute atomic E-state index is 5.82. The van der Waals surface area contributed by atoms with Crippen LogP contribution in [0.25, 0.3) is 0 Å². The Hall–Kier alpha value is -2.15. The number of rotatable bonds is 6. The number of benzene rings is 1. The molecule has 8 heteroatoms. The largest absolute Gasteiger partial charge is 0.371 e. The highest BCUT2D eigenvalue weighted by atomic mass is 35.5. The van der Waals surface area contributed by atoms with Crippen LogP contribution in [-0.4, -0.2) is 20.2 Å². The van der Waals surface area contributed by atoms with Crippen molar-refractivity contribution >= 4 is 34.8 Å². The topological polar surface area (TPSA) is 75.7 Å². The van der Waals surface area contributed by atoms with Gasteiger partial charge in [0.1, 0.15) is 11.0 Å². The molecule has 23 heavy (non-hydrogen) atoms. The van der Waals surface area contributed by atoms with Crippen LogP contribution in [0.5, 0.6) is 0 Å². The average Bonchev–Trinajstić information content (AvgIpc) is 2.95. The molecular weight excluding hydrogens is 337 g/mol. The molecule has 3 rings (SSSR count). The highest BCUT2D eigenvalue weighted by molar-refractivity contribution is 6.32. The number of H-pyrrole nitrogens is 1. The average molecular weight is 350 g/mol. The van der Waals surface area contributed by atoms with Crippen molar-refractivity contribution in [2.45, 2.75) is 13.2 Å². The number of halogens is 2. The molecule has 0 spiro atoms. The molecule has 0 aliphatic heterocycles. The molecule has 2 aromatic heterocycles. The Balaban J connectivity index is 1.55. The Labute approximate surface area is 142 Å². The van der Waals surface area contributed by atoms with E-state index < -0.39 is 0 Å². The van der Waals surface area contributed by atoms with E-state index >= 15 is 0 Å². The van der Waals surface area contributed by atoms with E-state index in [-0.39, 0.29) is 10.4 Å². The van der Waals surface area contributed by atoms with E-state index in [4.69, 9.17) is 27.9 Å². The molecule has 0 amide bonds. The van der Waals surface area contributed by atoms with Gasteiger partial charge in [-0.1, -0.05) is 41.9 Å². The first-order valence-electron chi connectivity index (χ1n) is 6.82. The van der Waals surface area contributed by atoms with Gasteiger partial charge in [0.15, 0.2) is 5.82 Å². The van der Waals surface area contributed by atoms with Crippen molar-refractivity contribution in [2.75, 3.05) is 5.32 Å². The van der Waals surface area contributed by atoms with Gasteiger partial charge in [-0.2, -0.15) is 5.10 Å². The fourth-order valence-corrected chi connectivity index (χ4v) is 2.35. The number of nitrogens with one attached hydrogen (secondary N) is 2. The van der Waals surface area contributed by atoms with Crippen molar-refractivity contribution in [3.63, 3.8) is 0 Å². The molecule has 0 aliphatic rings. The van der Waals surface area contributed by atoms with Crippen LogP contribution in [-0.2, 0) is 18.0 Å². The maximum atomic E-state index is 5.82. The second kappa shape index (κ2) is 7.41. The Morgan fingerprint density at radius 3 is 2.61 bits per heavy atom. The summed E-state index contributed by atoms with van der Waals surface area (Å²) >= 11 is 11.6. The van der Waals surface area contributed by atoms with E-state index in [0.717, 1.165) is 11.3 Å². The summed E-state index contributed by atoms with van der Waals surface area (Å²) in [7, 11) is 0. The molecule has 0 atom stereocenters. The van der Waals surface area contributed by atoms with Crippen molar-refractivity contribution in [1.29, 1.82) is 0 Å². The lowest BCUT2D eigenvalue weighted by atomic mass is 10.2. The van der Waals surface area contributed by atoms with Gasteiger partial charge < -0.3 is 10.1 Å². The van der Waals surface area contributed by atoms with Gasteiger partial charge >= 0.3 is 0 Å². The van der Waals surface area contributed by atoms with Crippen molar-refractivity contribution in [3.05, 3.63) is 64.2 Å². The summed E-state index contributed by atoms with van der Waals surface area (Å²) in [6.07, 6.45) is 0. The van der Waals surface area contributed by atoms with E-state index in [2.05, 4.69) is 25.5 Å². The van der Waals surface area contributed by atoms with Crippen LogP contribution in [0.1, 0.15) is 11.3 Å². The maximum Gasteiger partial charge on any atom is 0.225 e. The molecular formula is C15H13Cl2N5O. The number of nitrogens with zero attached hydrogens (tertiary/aromatic N) is 3. The van der Waals surface area contributed by atoms with Gasteiger partial charge in [-0.15, -0.1) is 0 Å². The fourth-order valence-electron chi connectivity index (χ4n) is 1.94. The van der Waals surface area contributed by atoms with E-state index in [0.29, 0.717) is 24.8 Å². The lowest BCUT2D eigenvalue weighted by molar-refractivity contribution is 0.104. The molecule has 6 nitrogen and oxygen atoms in total. The highest BCUT2D eigenvalue weighted by Gasteiger charge is 2.05. The van der Waals surface area contributed by atoms with Crippen LogP contribution in [0.2, 0.25) is 10.4 Å². The molecule has 0 saturated heterocycles. The van der Waals surface area contributed by atoms with Crippen molar-refractivity contribution in [1.82, 2.24) is 20.2 Å². The number of aromatic nitrogens is 4. The van der Waals surface area contributed by atoms with Crippen LogP contribution in [0.3, 0.4) is 0 Å². The van der Waals surface area contributed by atoms with E-state index in [1.165, 1.54) is 0 Å². The molecule has 0 saturated carbocycles. The number of hydrogen-bond acceptors (Lipinski definition) is 5. The van der Waals surface area contributed by atoms with Gasteiger partial charge in [0.05, 0.1) is 18.9 Å². The number of anilines is 2. The SMILES string of the molecule is Clc1cc(Nc2cc(COCc3ccccc3)[nH]n2)nc(Cl)n1. The first-order valence-corrected chi connectivity index (χ1v) is 7.58. The summed E-state index contributed by atoms with van der Waals surface area (Å²) in [5.41, 5.74) is 1.96. The van der Waals surface area contributed by atoms with Crippen LogP contribution in [0.4, 0.5) is 11.6 Å². The summed E-state index contributed by atoms with van der Waals surface area (Å²) in [6, 6.07) is 13.4. The molecule has 118 valence electrons. The summed E-state index contributed by atoms with van der Waals surface area (Å²) < 4.78 is 5.64. The summed E-state index contributed by atoms with van der Waals surface area (Å²) in [4.78, 5) is 7.80. The Kier molecular flexibility index (Phi) is 5.07. The highest BCUT2D eigenvalue weighted by Crippen LogP contribution is 2.18. The molecule has 0 bridgehead atoms. The van der Waals surface area contributed by atoms with E-state index in [1.54, 1.807) is 6.07 Å². The Morgan fingerprint density at radius 1 is 1.00 bits per heavy atom. The minimum atomic E-state index is 0.0713. The lowest BCUT2D eigenvalue weighted by Crippen LogP contribution is -1.95. The van der Waals surface area contributed by atoms with E-state index in [9.17, 15) is 0 Å². The summed E-state index contributed by atoms with van der Waals surface area (Å²) in [5.74, 6) is 1.06. The van der Waals surface area contributed by atoms with E-state index in [1.807, 2.05) is 36.4 Å². The predicted molar refractivity (Wildman–Crippen MR) is 88.9 cm³/mol. The van der Waals surface area contributed by atoms with Gasteiger partial charge in [-0.3, -0.25) is 5.10 Å². The molecule has 2 heterocycles. The zero-order valence-corrected chi connectivity index (χ0v) is 13.5. The van der Waals surface area contributed by atoms with Crippen LogP contribution in [0.15, 0.2) is 42.5 Å². The number of ether oxygens (including phenoxy) is 1. The predicted octanol–water partition coefficient (Wildman–Crippen LogP) is 3.97. The minimum absolute atomic E-state index is 0.0713. The molecule has 0 radical (unpaired) electrons. The molecule has 0 unspecified atom stereocenters. The van der Waals surface area contributed by atoms with Crippen molar-refractivity contribution in [2.24, 2.45) is 0 Å². The van der Waals surface area contributed by atoms with Crippen molar-refractivity contribution < 1.29 is 4.74 Å². The van der Waals surface area contributed by atoms with Crippen LogP contribution >= 0.6 is 23.2 Å². The summed E-state index contributed by atoms with van der Waals surface area (Å²) in [6.45, 7) is 0.967. The third-order valence-electron chi connectivity index (χ3n) is 2.92. The molecule has 2 N–H and O–H groups in total. The van der Waals surface area contributed by atoms with Crippen LogP contribution < -0.4 is 5.32 Å². The second-order valence-electron chi connectivity index (χ2n) is 4.73. The first kappa shape index (κ1) is 15.7. The van der Waals surface area contributed by atoms with Crippen molar-refractivity contribution in [3.8, 4) is 0 Å². The van der Waals surface area contributed by atoms with Gasteiger partial charge in [-0.05, 0) is 17.2 Å². The lowest BCUT2D eigenvalue weighted by Gasteiger charge is -2.02. The zero-order chi connectivity index (χ0) is 16.1. The fraction of sp³-hybridized carbons (Fsp3) is 0.133. The molecule has 1 aromatic carbocycles. The molecule has 3 aromatic rings. The zero-order valence-electron chi connectivity index (χ0n) is 12.0. The third-order valence-corrected chi connectivity index (χ3v) is 3.29. The Bertz CT molecular complexity index is 758. The van der Waals surface area contributed by atoms with Crippen LogP contribution in [0, 0.1) is 0 Å². The first-order chi connectivity index (χ1) is 11.2. The molecule has 0 aliphatic carbocycles. The van der Waals surface area contributed by atoms with Gasteiger partial charge in [0.25, 0.3) is 0 Å². The quantitative estimate of drug-likeness (QED) is 0.520. The third kappa shape index (κ3) is 4.66. The van der Waals surface area contributed by atoms with Gasteiger partial charge in [0, 0.05) is 12.1 Å². The Morgan fingerprint density at radius 2 is 1.83 bits per heavy atom. The summed E-state index contributed by atoms with van der Waals surface area (Å²) in [5, 5.41) is 10.4. The number of hydrogen-bond donors (Lipinski definition) is 2. The molecule has 0 fully saturated rings.